The quantitative estimate of drug-likeness (QED) is 0.742. The molecule has 1 fully saturated rings. The molecule has 1 heterocycles. The van der Waals surface area contributed by atoms with Gasteiger partial charge in [0.25, 0.3) is 0 Å². The Morgan fingerprint density at radius 2 is 1.88 bits per heavy atom. The number of benzene rings is 1. The van der Waals surface area contributed by atoms with Crippen molar-refractivity contribution in [2.45, 2.75) is 33.1 Å². The summed E-state index contributed by atoms with van der Waals surface area (Å²) in [5.74, 6) is -0.413. The largest absolute Gasteiger partial charge is 0.492 e. The summed E-state index contributed by atoms with van der Waals surface area (Å²) < 4.78 is 5.45. The van der Waals surface area contributed by atoms with Crippen LogP contribution in [0.5, 0.6) is 5.75 Å². The number of carbonyl (C=O) groups excluding carboxylic acids is 2. The molecule has 0 radical (unpaired) electrons. The van der Waals surface area contributed by atoms with Gasteiger partial charge in [-0.05, 0) is 50.9 Å². The topological polar surface area (TPSA) is 70.7 Å². The van der Waals surface area contributed by atoms with Gasteiger partial charge in [0.2, 0.25) is 0 Å². The second-order valence-corrected chi connectivity index (χ2v) is 6.56. The number of piperidine rings is 1. The summed E-state index contributed by atoms with van der Waals surface area (Å²) in [5, 5.41) is 5.34. The number of anilines is 1. The Hall–Kier alpha value is -2.08. The van der Waals surface area contributed by atoms with E-state index in [9.17, 15) is 9.59 Å². The van der Waals surface area contributed by atoms with Crippen molar-refractivity contribution >= 4 is 17.5 Å². The maximum Gasteiger partial charge on any atom is 0.313 e. The van der Waals surface area contributed by atoms with Crippen LogP contribution in [0.1, 0.15) is 33.1 Å². The molecule has 0 spiro atoms. The van der Waals surface area contributed by atoms with Crippen LogP contribution in [0.4, 0.5) is 5.69 Å². The summed E-state index contributed by atoms with van der Waals surface area (Å²) in [6, 6.07) is 7.09. The summed E-state index contributed by atoms with van der Waals surface area (Å²) in [5.41, 5.74) is 0.505. The number of rotatable bonds is 7. The molecule has 1 aromatic carbocycles. The number of ether oxygens (including phenoxy) is 1. The van der Waals surface area contributed by atoms with Crippen LogP contribution < -0.4 is 15.4 Å². The third kappa shape index (κ3) is 6.38. The number of amides is 2. The van der Waals surface area contributed by atoms with Crippen molar-refractivity contribution in [2.75, 3.05) is 38.1 Å². The first-order valence-corrected chi connectivity index (χ1v) is 9.13. The van der Waals surface area contributed by atoms with E-state index in [1.165, 1.54) is 19.3 Å². The average Bonchev–Trinajstić information content (AvgIpc) is 2.62. The molecule has 0 aliphatic carbocycles. The highest BCUT2D eigenvalue weighted by molar-refractivity contribution is 6.39. The van der Waals surface area contributed by atoms with Gasteiger partial charge in [0, 0.05) is 13.1 Å². The monoisotopic (exact) mass is 347 g/mol. The van der Waals surface area contributed by atoms with Crippen molar-refractivity contribution in [3.8, 4) is 5.75 Å². The minimum atomic E-state index is -0.669. The highest BCUT2D eigenvalue weighted by atomic mass is 16.5. The van der Waals surface area contributed by atoms with E-state index in [0.717, 1.165) is 19.6 Å². The van der Waals surface area contributed by atoms with Crippen molar-refractivity contribution < 1.29 is 14.3 Å². The SMILES string of the molecule is CCOc1ccccc1NC(=O)C(=O)NC[C@@H](C)CN1CCCCC1. The van der Waals surface area contributed by atoms with Crippen LogP contribution in [-0.2, 0) is 9.59 Å². The molecular weight excluding hydrogens is 318 g/mol. The highest BCUT2D eigenvalue weighted by Crippen LogP contribution is 2.23. The molecule has 1 aliphatic heterocycles. The molecular formula is C19H29N3O3. The molecule has 0 unspecified atom stereocenters. The van der Waals surface area contributed by atoms with Gasteiger partial charge in [-0.15, -0.1) is 0 Å². The van der Waals surface area contributed by atoms with Gasteiger partial charge in [-0.2, -0.15) is 0 Å². The van der Waals surface area contributed by atoms with Crippen LogP contribution >= 0.6 is 0 Å². The molecule has 0 bridgehead atoms. The van der Waals surface area contributed by atoms with Gasteiger partial charge < -0.3 is 20.3 Å². The minimum absolute atomic E-state index is 0.311. The van der Waals surface area contributed by atoms with Crippen LogP contribution in [0.25, 0.3) is 0 Å². The molecule has 2 rings (SSSR count). The molecule has 1 saturated heterocycles. The van der Waals surface area contributed by atoms with Gasteiger partial charge in [0.15, 0.2) is 0 Å². The number of hydrogen-bond donors (Lipinski definition) is 2. The lowest BCUT2D eigenvalue weighted by Crippen LogP contribution is -2.41. The predicted octanol–water partition coefficient (Wildman–Crippen LogP) is 2.26. The van der Waals surface area contributed by atoms with Crippen molar-refractivity contribution in [1.29, 1.82) is 0 Å². The third-order valence-corrected chi connectivity index (χ3v) is 4.27. The summed E-state index contributed by atoms with van der Waals surface area (Å²) in [7, 11) is 0. The van der Waals surface area contributed by atoms with Crippen LogP contribution in [0, 0.1) is 5.92 Å². The first-order chi connectivity index (χ1) is 12.1. The van der Waals surface area contributed by atoms with E-state index in [-0.39, 0.29) is 0 Å². The Balaban J connectivity index is 1.77. The Kier molecular flexibility index (Phi) is 7.73. The molecule has 0 saturated carbocycles. The van der Waals surface area contributed by atoms with E-state index in [1.807, 2.05) is 13.0 Å². The number of nitrogens with zero attached hydrogens (tertiary/aromatic N) is 1. The van der Waals surface area contributed by atoms with Crippen LogP contribution in [0.15, 0.2) is 24.3 Å². The fourth-order valence-electron chi connectivity index (χ4n) is 3.02. The van der Waals surface area contributed by atoms with Crippen molar-refractivity contribution in [2.24, 2.45) is 5.92 Å². The van der Waals surface area contributed by atoms with Crippen molar-refractivity contribution in [1.82, 2.24) is 10.2 Å². The smallest absolute Gasteiger partial charge is 0.313 e. The Labute approximate surface area is 149 Å². The lowest BCUT2D eigenvalue weighted by atomic mass is 10.1. The molecule has 6 nitrogen and oxygen atoms in total. The zero-order valence-corrected chi connectivity index (χ0v) is 15.2. The summed E-state index contributed by atoms with van der Waals surface area (Å²) in [4.78, 5) is 26.5. The van der Waals surface area contributed by atoms with Crippen molar-refractivity contribution in [3.63, 3.8) is 0 Å². The van der Waals surface area contributed by atoms with E-state index < -0.39 is 11.8 Å². The Morgan fingerprint density at radius 1 is 1.16 bits per heavy atom. The van der Waals surface area contributed by atoms with Gasteiger partial charge >= 0.3 is 11.8 Å². The molecule has 0 aromatic heterocycles. The number of likely N-dealkylation sites (tertiary alicyclic amines) is 1. The first kappa shape index (κ1) is 19.2. The first-order valence-electron chi connectivity index (χ1n) is 9.13. The Bertz CT molecular complexity index is 571. The third-order valence-electron chi connectivity index (χ3n) is 4.27. The van der Waals surface area contributed by atoms with Gasteiger partial charge in [0.1, 0.15) is 5.75 Å². The summed E-state index contributed by atoms with van der Waals surface area (Å²) in [6.07, 6.45) is 3.81. The fourth-order valence-corrected chi connectivity index (χ4v) is 3.02. The minimum Gasteiger partial charge on any atom is -0.492 e. The molecule has 138 valence electrons. The fraction of sp³-hybridized carbons (Fsp3) is 0.579. The molecule has 25 heavy (non-hydrogen) atoms. The normalized spacial score (nSPS) is 16.1. The van der Waals surface area contributed by atoms with Crippen molar-refractivity contribution in [3.05, 3.63) is 24.3 Å². The van der Waals surface area contributed by atoms with Gasteiger partial charge in [0.05, 0.1) is 12.3 Å². The average molecular weight is 347 g/mol. The molecule has 1 atom stereocenters. The zero-order valence-electron chi connectivity index (χ0n) is 15.2. The lowest BCUT2D eigenvalue weighted by Gasteiger charge is -2.29. The Morgan fingerprint density at radius 3 is 2.60 bits per heavy atom. The predicted molar refractivity (Wildman–Crippen MR) is 98.7 cm³/mol. The van der Waals surface area contributed by atoms with Crippen LogP contribution in [0.3, 0.4) is 0 Å². The van der Waals surface area contributed by atoms with Gasteiger partial charge in [-0.3, -0.25) is 9.59 Å². The highest BCUT2D eigenvalue weighted by Gasteiger charge is 2.18. The molecule has 2 N–H and O–H groups in total. The van der Waals surface area contributed by atoms with Crippen LogP contribution in [0.2, 0.25) is 0 Å². The van der Waals surface area contributed by atoms with Gasteiger partial charge in [-0.25, -0.2) is 0 Å². The molecule has 1 aliphatic rings. The maximum absolute atomic E-state index is 12.1. The standard InChI is InChI=1S/C19H29N3O3/c1-3-25-17-10-6-5-9-16(17)21-19(24)18(23)20-13-15(2)14-22-11-7-4-8-12-22/h5-6,9-10,15H,3-4,7-8,11-14H2,1-2H3,(H,20,23)(H,21,24)/t15-/m1/s1. The summed E-state index contributed by atoms with van der Waals surface area (Å²) in [6.45, 7) is 8.17. The zero-order chi connectivity index (χ0) is 18.1. The van der Waals surface area contributed by atoms with E-state index >= 15 is 0 Å². The second kappa shape index (κ2) is 10.0. The molecule has 1 aromatic rings. The number of carbonyl (C=O) groups is 2. The lowest BCUT2D eigenvalue weighted by molar-refractivity contribution is -0.136. The molecule has 2 amide bonds. The number of para-hydroxylation sites is 2. The van der Waals surface area contributed by atoms with Gasteiger partial charge in [-0.1, -0.05) is 25.5 Å². The second-order valence-electron chi connectivity index (χ2n) is 6.56. The van der Waals surface area contributed by atoms with E-state index in [2.05, 4.69) is 22.5 Å². The maximum atomic E-state index is 12.1. The number of hydrogen-bond acceptors (Lipinski definition) is 4. The number of nitrogens with one attached hydrogen (secondary N) is 2. The van der Waals surface area contributed by atoms with E-state index in [1.54, 1.807) is 18.2 Å². The van der Waals surface area contributed by atoms with Crippen LogP contribution in [-0.4, -0.2) is 49.5 Å². The van der Waals surface area contributed by atoms with E-state index in [4.69, 9.17) is 4.74 Å². The summed E-state index contributed by atoms with van der Waals surface area (Å²) >= 11 is 0. The van der Waals surface area contributed by atoms with E-state index in [0.29, 0.717) is 30.5 Å². The molecule has 6 heteroatoms.